The summed E-state index contributed by atoms with van der Waals surface area (Å²) in [5, 5.41) is 5.68. The Kier molecular flexibility index (Phi) is 6.63. The number of ether oxygens (including phenoxy) is 2. The van der Waals surface area contributed by atoms with Crippen molar-refractivity contribution in [3.63, 3.8) is 0 Å². The summed E-state index contributed by atoms with van der Waals surface area (Å²) in [6.07, 6.45) is 0.311. The molecule has 0 bridgehead atoms. The lowest BCUT2D eigenvalue weighted by molar-refractivity contribution is 0.0477. The van der Waals surface area contributed by atoms with Gasteiger partial charge < -0.3 is 25.0 Å². The van der Waals surface area contributed by atoms with E-state index >= 15 is 0 Å². The molecule has 0 unspecified atom stereocenters. The summed E-state index contributed by atoms with van der Waals surface area (Å²) < 4.78 is 37.3. The van der Waals surface area contributed by atoms with Crippen molar-refractivity contribution in [1.82, 2.24) is 19.8 Å². The van der Waals surface area contributed by atoms with Gasteiger partial charge in [-0.2, -0.15) is 4.31 Å². The third-order valence-corrected chi connectivity index (χ3v) is 7.85. The number of carbonyl (C=O) groups is 2. The highest BCUT2D eigenvalue weighted by molar-refractivity contribution is 7.88. The maximum atomic E-state index is 12.8. The van der Waals surface area contributed by atoms with E-state index in [9.17, 15) is 18.0 Å². The van der Waals surface area contributed by atoms with E-state index < -0.39 is 16.1 Å². The number of morpholine rings is 1. The number of hydrogen-bond acceptors (Lipinski definition) is 6. The number of piperidine rings is 1. The van der Waals surface area contributed by atoms with Gasteiger partial charge in [0.05, 0.1) is 31.6 Å². The quantitative estimate of drug-likeness (QED) is 0.672. The summed E-state index contributed by atoms with van der Waals surface area (Å²) in [7, 11) is -3.46. The Morgan fingerprint density at radius 3 is 2.68 bits per heavy atom. The minimum Gasteiger partial charge on any atom is -0.449 e. The van der Waals surface area contributed by atoms with Crippen LogP contribution < -0.4 is 10.6 Å². The van der Waals surface area contributed by atoms with Gasteiger partial charge in [-0.1, -0.05) is 24.3 Å². The van der Waals surface area contributed by atoms with E-state index in [0.717, 1.165) is 12.0 Å². The molecule has 1 aromatic carbocycles. The van der Waals surface area contributed by atoms with Gasteiger partial charge in [0.2, 0.25) is 10.0 Å². The molecule has 2 atom stereocenters. The van der Waals surface area contributed by atoms with Gasteiger partial charge >= 0.3 is 12.1 Å². The smallest absolute Gasteiger partial charge is 0.407 e. The normalized spacial score (nSPS) is 24.6. The number of urea groups is 1. The summed E-state index contributed by atoms with van der Waals surface area (Å²) in [4.78, 5) is 25.8. The summed E-state index contributed by atoms with van der Waals surface area (Å²) >= 11 is 0. The number of carbonyl (C=O) groups excluding carboxylic acids is 2. The Labute approximate surface area is 181 Å². The Balaban J connectivity index is 1.35. The summed E-state index contributed by atoms with van der Waals surface area (Å²) in [5.74, 6) is 0.103. The molecule has 3 saturated heterocycles. The minimum absolute atomic E-state index is 0.105. The number of likely N-dealkylation sites (tertiary alicyclic amines) is 1. The van der Waals surface area contributed by atoms with Crippen LogP contribution in [0.15, 0.2) is 24.3 Å². The number of hydrogen-bond donors (Lipinski definition) is 2. The highest BCUT2D eigenvalue weighted by Crippen LogP contribution is 2.22. The number of nitrogens with zero attached hydrogens (tertiary/aromatic N) is 2. The second-order valence-electron chi connectivity index (χ2n) is 8.04. The average molecular weight is 453 g/mol. The van der Waals surface area contributed by atoms with Crippen LogP contribution in [0, 0.1) is 5.92 Å². The summed E-state index contributed by atoms with van der Waals surface area (Å²) in [5.41, 5.74) is 1.44. The molecule has 1 aromatic rings. The number of fused-ring (bicyclic) bond motifs is 1. The summed E-state index contributed by atoms with van der Waals surface area (Å²) in [6.45, 7) is 3.16. The molecular weight excluding hydrogens is 424 g/mol. The molecule has 0 saturated carbocycles. The molecule has 4 rings (SSSR count). The molecule has 3 aliphatic rings. The Morgan fingerprint density at radius 1 is 1.16 bits per heavy atom. The number of amides is 3. The van der Waals surface area contributed by atoms with Crippen molar-refractivity contribution in [3.05, 3.63) is 35.4 Å². The topological polar surface area (TPSA) is 117 Å². The van der Waals surface area contributed by atoms with Gasteiger partial charge in [0, 0.05) is 38.6 Å². The molecule has 11 heteroatoms. The van der Waals surface area contributed by atoms with Crippen LogP contribution in [-0.4, -0.2) is 81.8 Å². The first kappa shape index (κ1) is 21.8. The monoisotopic (exact) mass is 452 g/mol. The Bertz CT molecular complexity index is 918. The van der Waals surface area contributed by atoms with Crippen LogP contribution in [0.2, 0.25) is 0 Å². The molecule has 3 heterocycles. The second kappa shape index (κ2) is 9.41. The molecule has 3 amide bonds. The van der Waals surface area contributed by atoms with Gasteiger partial charge in [-0.05, 0) is 17.5 Å². The molecule has 0 radical (unpaired) electrons. The lowest BCUT2D eigenvalue weighted by Gasteiger charge is -2.40. The maximum absolute atomic E-state index is 12.8. The number of alkyl carbamates (subject to hydrolysis) is 1. The van der Waals surface area contributed by atoms with Crippen LogP contribution in [0.4, 0.5) is 9.59 Å². The maximum Gasteiger partial charge on any atom is 0.407 e. The lowest BCUT2D eigenvalue weighted by atomic mass is 9.92. The van der Waals surface area contributed by atoms with E-state index in [1.165, 1.54) is 4.31 Å². The van der Waals surface area contributed by atoms with E-state index in [1.807, 2.05) is 12.1 Å². The van der Waals surface area contributed by atoms with E-state index in [4.69, 9.17) is 9.47 Å². The Hall–Kier alpha value is -2.37. The zero-order valence-electron chi connectivity index (χ0n) is 17.3. The predicted molar refractivity (Wildman–Crippen MR) is 112 cm³/mol. The third kappa shape index (κ3) is 5.28. The van der Waals surface area contributed by atoms with Crippen LogP contribution in [0.1, 0.15) is 17.5 Å². The van der Waals surface area contributed by atoms with Crippen LogP contribution in [-0.2, 0) is 31.8 Å². The van der Waals surface area contributed by atoms with Crippen molar-refractivity contribution in [2.75, 3.05) is 46.0 Å². The van der Waals surface area contributed by atoms with Crippen LogP contribution in [0.25, 0.3) is 0 Å². The van der Waals surface area contributed by atoms with Gasteiger partial charge in [0.1, 0.15) is 0 Å². The fraction of sp³-hybridized carbons (Fsp3) is 0.600. The van der Waals surface area contributed by atoms with E-state index in [2.05, 4.69) is 10.6 Å². The highest BCUT2D eigenvalue weighted by Gasteiger charge is 2.36. The first-order chi connectivity index (χ1) is 14.9. The lowest BCUT2D eigenvalue weighted by Crippen LogP contribution is -2.59. The van der Waals surface area contributed by atoms with Crippen molar-refractivity contribution in [2.24, 2.45) is 5.92 Å². The van der Waals surface area contributed by atoms with Crippen molar-refractivity contribution in [2.45, 2.75) is 24.8 Å². The first-order valence-electron chi connectivity index (χ1n) is 10.5. The van der Waals surface area contributed by atoms with Gasteiger partial charge in [-0.3, -0.25) is 0 Å². The van der Waals surface area contributed by atoms with E-state index in [1.54, 1.807) is 17.0 Å². The van der Waals surface area contributed by atoms with Gasteiger partial charge in [0.25, 0.3) is 0 Å². The number of cyclic esters (lactones) is 1. The van der Waals surface area contributed by atoms with Crippen molar-refractivity contribution in [1.29, 1.82) is 0 Å². The molecule has 31 heavy (non-hydrogen) atoms. The Morgan fingerprint density at radius 2 is 1.90 bits per heavy atom. The van der Waals surface area contributed by atoms with Crippen molar-refractivity contribution < 1.29 is 27.5 Å². The zero-order valence-corrected chi connectivity index (χ0v) is 18.1. The standard InChI is InChI=1S/C20H28N4O6S/c25-19(23-6-5-16-13-30-20(26)22-18(16)12-23)21-11-15-3-1-2-4-17(15)14-31(27,28)24-7-9-29-10-8-24/h1-4,16,18H,5-14H2,(H,21,25)(H,22,26)/t16-,18+/m1/s1. The predicted octanol–water partition coefficient (Wildman–Crippen LogP) is 0.489. The van der Waals surface area contributed by atoms with Gasteiger partial charge in [-0.25, -0.2) is 18.0 Å². The molecule has 0 aromatic heterocycles. The molecule has 10 nitrogen and oxygen atoms in total. The zero-order chi connectivity index (χ0) is 21.8. The molecular formula is C20H28N4O6S. The van der Waals surface area contributed by atoms with Crippen molar-refractivity contribution in [3.8, 4) is 0 Å². The fourth-order valence-corrected chi connectivity index (χ4v) is 5.75. The molecule has 3 fully saturated rings. The van der Waals surface area contributed by atoms with E-state index in [-0.39, 0.29) is 30.3 Å². The third-order valence-electron chi connectivity index (χ3n) is 6.02. The highest BCUT2D eigenvalue weighted by atomic mass is 32.2. The molecule has 170 valence electrons. The molecule has 3 aliphatic heterocycles. The molecule has 0 aliphatic carbocycles. The number of rotatable bonds is 5. The number of sulfonamides is 1. The first-order valence-corrected chi connectivity index (χ1v) is 12.1. The van der Waals surface area contributed by atoms with Crippen LogP contribution >= 0.6 is 0 Å². The minimum atomic E-state index is -3.46. The fourth-order valence-electron chi connectivity index (χ4n) is 4.19. The molecule has 2 N–H and O–H groups in total. The second-order valence-corrected chi connectivity index (χ2v) is 10.0. The average Bonchev–Trinajstić information content (AvgIpc) is 2.78. The molecule has 0 spiro atoms. The largest absolute Gasteiger partial charge is 0.449 e. The van der Waals surface area contributed by atoms with E-state index in [0.29, 0.717) is 51.6 Å². The van der Waals surface area contributed by atoms with Crippen molar-refractivity contribution >= 4 is 22.1 Å². The number of benzene rings is 1. The SMILES string of the molecule is O=C1N[C@H]2CN(C(=O)NCc3ccccc3CS(=O)(=O)N3CCOCC3)CC[C@@H]2CO1. The van der Waals surface area contributed by atoms with Gasteiger partial charge in [-0.15, -0.1) is 0 Å². The summed E-state index contributed by atoms with van der Waals surface area (Å²) in [6, 6.07) is 6.90. The van der Waals surface area contributed by atoms with Crippen LogP contribution in [0.3, 0.4) is 0 Å². The number of nitrogens with one attached hydrogen (secondary N) is 2. The van der Waals surface area contributed by atoms with Crippen LogP contribution in [0.5, 0.6) is 0 Å². The van der Waals surface area contributed by atoms with Gasteiger partial charge in [0.15, 0.2) is 0 Å².